The van der Waals surface area contributed by atoms with Gasteiger partial charge in [-0.3, -0.25) is 9.59 Å². The Morgan fingerprint density at radius 1 is 1.09 bits per heavy atom. The number of hydrogen-bond donors (Lipinski definition) is 1. The number of nitrogens with one attached hydrogen (secondary N) is 1. The molecule has 3 nitrogen and oxygen atoms in total. The Kier molecular flexibility index (Phi) is 6.04. The summed E-state index contributed by atoms with van der Waals surface area (Å²) < 4.78 is 0. The van der Waals surface area contributed by atoms with Gasteiger partial charge in [-0.2, -0.15) is 0 Å². The fourth-order valence-electron chi connectivity index (χ4n) is 1.83. The summed E-state index contributed by atoms with van der Waals surface area (Å²) >= 11 is 7.62. The molecule has 2 aromatic carbocycles. The first-order chi connectivity index (χ1) is 10.6. The van der Waals surface area contributed by atoms with Crippen LogP contribution in [-0.4, -0.2) is 17.4 Å². The summed E-state index contributed by atoms with van der Waals surface area (Å²) in [4.78, 5) is 24.0. The molecule has 0 saturated carbocycles. The van der Waals surface area contributed by atoms with E-state index in [0.717, 1.165) is 4.90 Å². The summed E-state index contributed by atoms with van der Waals surface area (Å²) in [5, 5.41) is 3.51. The van der Waals surface area contributed by atoms with Gasteiger partial charge < -0.3 is 5.32 Å². The smallest absolute Gasteiger partial charge is 0.225 e. The lowest BCUT2D eigenvalue weighted by Gasteiger charge is -2.06. The molecule has 0 saturated heterocycles. The summed E-state index contributed by atoms with van der Waals surface area (Å²) in [5.41, 5.74) is 1.32. The highest BCUT2D eigenvalue weighted by Crippen LogP contribution is 2.27. The highest BCUT2D eigenvalue weighted by atomic mass is 35.5. The van der Waals surface area contributed by atoms with E-state index < -0.39 is 0 Å². The van der Waals surface area contributed by atoms with Crippen molar-refractivity contribution in [3.05, 3.63) is 59.1 Å². The van der Waals surface area contributed by atoms with E-state index in [9.17, 15) is 9.59 Å². The second-order valence-corrected chi connectivity index (χ2v) is 6.25. The molecule has 22 heavy (non-hydrogen) atoms. The molecule has 0 aliphatic heterocycles. The van der Waals surface area contributed by atoms with Crippen LogP contribution in [0.15, 0.2) is 53.4 Å². The van der Waals surface area contributed by atoms with Crippen LogP contribution in [0.4, 0.5) is 5.69 Å². The van der Waals surface area contributed by atoms with E-state index in [2.05, 4.69) is 5.32 Å². The van der Waals surface area contributed by atoms with Gasteiger partial charge >= 0.3 is 0 Å². The van der Waals surface area contributed by atoms with Gasteiger partial charge in [0, 0.05) is 28.3 Å². The van der Waals surface area contributed by atoms with Crippen molar-refractivity contribution in [1.29, 1.82) is 0 Å². The van der Waals surface area contributed by atoms with Crippen LogP contribution in [-0.2, 0) is 4.79 Å². The zero-order chi connectivity index (χ0) is 15.9. The van der Waals surface area contributed by atoms with Crippen LogP contribution in [0.3, 0.4) is 0 Å². The maximum absolute atomic E-state index is 11.9. The van der Waals surface area contributed by atoms with Crippen molar-refractivity contribution in [2.75, 3.05) is 11.1 Å². The lowest BCUT2D eigenvalue weighted by molar-refractivity contribution is -0.115. The molecule has 0 unspecified atom stereocenters. The van der Waals surface area contributed by atoms with Gasteiger partial charge in [0.15, 0.2) is 5.78 Å². The van der Waals surface area contributed by atoms with Crippen molar-refractivity contribution in [2.24, 2.45) is 0 Å². The standard InChI is InChI=1S/C17H16ClNO2S/c1-12(20)13-6-8-14(9-7-13)19-17(21)10-11-22-16-5-3-2-4-15(16)18/h2-9H,10-11H2,1H3,(H,19,21). The molecule has 0 aromatic heterocycles. The van der Waals surface area contributed by atoms with Crippen molar-refractivity contribution < 1.29 is 9.59 Å². The first-order valence-electron chi connectivity index (χ1n) is 6.84. The molecule has 0 aliphatic rings. The van der Waals surface area contributed by atoms with Crippen LogP contribution in [0.5, 0.6) is 0 Å². The maximum Gasteiger partial charge on any atom is 0.225 e. The highest BCUT2D eigenvalue weighted by Gasteiger charge is 2.05. The molecule has 0 heterocycles. The summed E-state index contributed by atoms with van der Waals surface area (Å²) in [7, 11) is 0. The first-order valence-corrected chi connectivity index (χ1v) is 8.21. The Balaban J connectivity index is 1.80. The Morgan fingerprint density at radius 3 is 2.41 bits per heavy atom. The zero-order valence-corrected chi connectivity index (χ0v) is 13.7. The Hall–Kier alpha value is -1.78. The van der Waals surface area contributed by atoms with Crippen LogP contribution < -0.4 is 5.32 Å². The minimum absolute atomic E-state index is 0.00835. The predicted molar refractivity (Wildman–Crippen MR) is 91.9 cm³/mol. The summed E-state index contributed by atoms with van der Waals surface area (Å²) in [6.07, 6.45) is 0.393. The van der Waals surface area contributed by atoms with Gasteiger partial charge in [-0.05, 0) is 43.3 Å². The average molecular weight is 334 g/mol. The number of Topliss-reactive ketones (excluding diaryl/α,β-unsaturated/α-hetero) is 1. The van der Waals surface area contributed by atoms with Crippen molar-refractivity contribution in [3.63, 3.8) is 0 Å². The number of carbonyl (C=O) groups excluding carboxylic acids is 2. The molecule has 0 atom stereocenters. The predicted octanol–water partition coefficient (Wildman–Crippen LogP) is 4.66. The maximum atomic E-state index is 11.9. The fourth-order valence-corrected chi connectivity index (χ4v) is 3.01. The molecule has 0 spiro atoms. The quantitative estimate of drug-likeness (QED) is 0.617. The number of thioether (sulfide) groups is 1. The van der Waals surface area contributed by atoms with Gasteiger partial charge in [0.25, 0.3) is 0 Å². The van der Waals surface area contributed by atoms with Gasteiger partial charge in [-0.25, -0.2) is 0 Å². The van der Waals surface area contributed by atoms with Crippen LogP contribution in [0.25, 0.3) is 0 Å². The average Bonchev–Trinajstić information content (AvgIpc) is 2.50. The molecule has 1 N–H and O–H groups in total. The van der Waals surface area contributed by atoms with E-state index in [0.29, 0.717) is 28.4 Å². The topological polar surface area (TPSA) is 46.2 Å². The number of anilines is 1. The molecule has 2 rings (SSSR count). The molecule has 114 valence electrons. The fraction of sp³-hybridized carbons (Fsp3) is 0.176. The van der Waals surface area contributed by atoms with Gasteiger partial charge in [0.2, 0.25) is 5.91 Å². The Bertz CT molecular complexity index is 671. The number of rotatable bonds is 6. The number of halogens is 1. The zero-order valence-electron chi connectivity index (χ0n) is 12.1. The molecule has 1 amide bonds. The van der Waals surface area contributed by atoms with Crippen molar-refractivity contribution in [2.45, 2.75) is 18.2 Å². The highest BCUT2D eigenvalue weighted by molar-refractivity contribution is 7.99. The second kappa shape index (κ2) is 8.01. The van der Waals surface area contributed by atoms with E-state index in [1.54, 1.807) is 36.0 Å². The number of amides is 1. The minimum atomic E-state index is -0.0601. The number of benzene rings is 2. The summed E-state index contributed by atoms with van der Waals surface area (Å²) in [6, 6.07) is 14.4. The first kappa shape index (κ1) is 16.6. The van der Waals surface area contributed by atoms with Crippen molar-refractivity contribution >= 4 is 40.7 Å². The van der Waals surface area contributed by atoms with Crippen LogP contribution in [0, 0.1) is 0 Å². The number of hydrogen-bond acceptors (Lipinski definition) is 3. The van der Waals surface area contributed by atoms with E-state index >= 15 is 0 Å². The van der Waals surface area contributed by atoms with Gasteiger partial charge in [0.05, 0.1) is 5.02 Å². The summed E-state index contributed by atoms with van der Waals surface area (Å²) in [5.74, 6) is 0.602. The van der Waals surface area contributed by atoms with Crippen LogP contribution in [0.2, 0.25) is 5.02 Å². The van der Waals surface area contributed by atoms with E-state index in [-0.39, 0.29) is 11.7 Å². The molecule has 0 fully saturated rings. The molecule has 2 aromatic rings. The Labute approximate surface area is 139 Å². The third-order valence-electron chi connectivity index (χ3n) is 3.00. The number of ketones is 1. The van der Waals surface area contributed by atoms with E-state index in [1.165, 1.54) is 6.92 Å². The largest absolute Gasteiger partial charge is 0.326 e. The lowest BCUT2D eigenvalue weighted by Crippen LogP contribution is -2.12. The molecule has 5 heteroatoms. The summed E-state index contributed by atoms with van der Waals surface area (Å²) in [6.45, 7) is 1.51. The van der Waals surface area contributed by atoms with E-state index in [1.807, 2.05) is 24.3 Å². The van der Waals surface area contributed by atoms with Crippen molar-refractivity contribution in [1.82, 2.24) is 0 Å². The van der Waals surface area contributed by atoms with Gasteiger partial charge in [0.1, 0.15) is 0 Å². The third-order valence-corrected chi connectivity index (χ3v) is 4.52. The van der Waals surface area contributed by atoms with Crippen molar-refractivity contribution in [3.8, 4) is 0 Å². The normalized spacial score (nSPS) is 10.3. The monoisotopic (exact) mass is 333 g/mol. The molecule has 0 bridgehead atoms. The number of carbonyl (C=O) groups is 2. The molecule has 0 radical (unpaired) electrons. The molecule has 0 aliphatic carbocycles. The Morgan fingerprint density at radius 2 is 1.77 bits per heavy atom. The third kappa shape index (κ3) is 4.90. The molecular weight excluding hydrogens is 318 g/mol. The van der Waals surface area contributed by atoms with Crippen LogP contribution in [0.1, 0.15) is 23.7 Å². The molecular formula is C17H16ClNO2S. The second-order valence-electron chi connectivity index (χ2n) is 4.71. The van der Waals surface area contributed by atoms with Gasteiger partial charge in [-0.1, -0.05) is 23.7 Å². The van der Waals surface area contributed by atoms with Gasteiger partial charge in [-0.15, -0.1) is 11.8 Å². The van der Waals surface area contributed by atoms with E-state index in [4.69, 9.17) is 11.6 Å². The van der Waals surface area contributed by atoms with Crippen LogP contribution >= 0.6 is 23.4 Å². The SMILES string of the molecule is CC(=O)c1ccc(NC(=O)CCSc2ccccc2Cl)cc1. The lowest BCUT2D eigenvalue weighted by atomic mass is 10.1. The minimum Gasteiger partial charge on any atom is -0.326 e.